The SMILES string of the molecule is C=CC(=O)N1CCN(c2cc(C(=O)NC(CN(C)C)C(C)C)nc3c2CCN(c2cccc4cccc(C)c24)C3)CC1. The van der Waals surface area contributed by atoms with E-state index in [1.54, 1.807) is 0 Å². The molecule has 1 unspecified atom stereocenters. The molecular formula is C34H44N6O2. The van der Waals surface area contributed by atoms with E-state index in [9.17, 15) is 9.59 Å². The minimum atomic E-state index is -0.141. The van der Waals surface area contributed by atoms with Crippen molar-refractivity contribution >= 4 is 34.0 Å². The van der Waals surface area contributed by atoms with Crippen molar-refractivity contribution in [2.24, 2.45) is 5.92 Å². The highest BCUT2D eigenvalue weighted by Crippen LogP contribution is 2.35. The molecule has 5 rings (SSSR count). The lowest BCUT2D eigenvalue weighted by atomic mass is 9.97. The Morgan fingerprint density at radius 3 is 2.40 bits per heavy atom. The van der Waals surface area contributed by atoms with Crippen LogP contribution in [-0.2, 0) is 17.8 Å². The molecule has 0 aliphatic carbocycles. The number of piperazine rings is 1. The Balaban J connectivity index is 1.50. The van der Waals surface area contributed by atoms with E-state index in [4.69, 9.17) is 4.98 Å². The fraction of sp³-hybridized carbons (Fsp3) is 0.441. The zero-order chi connectivity index (χ0) is 30.0. The zero-order valence-corrected chi connectivity index (χ0v) is 25.7. The number of aromatic nitrogens is 1. The average Bonchev–Trinajstić information content (AvgIpc) is 2.99. The topological polar surface area (TPSA) is 72.0 Å². The Bertz CT molecular complexity index is 1470. The number of fused-ring (bicyclic) bond motifs is 2. The second kappa shape index (κ2) is 12.5. The van der Waals surface area contributed by atoms with Crippen LogP contribution in [-0.4, -0.2) is 86.0 Å². The van der Waals surface area contributed by atoms with Gasteiger partial charge >= 0.3 is 0 Å². The molecule has 1 saturated heterocycles. The molecule has 3 aromatic rings. The monoisotopic (exact) mass is 568 g/mol. The lowest BCUT2D eigenvalue weighted by Crippen LogP contribution is -2.49. The standard InChI is InChI=1S/C34H44N6O2/c1-7-32(41)39-18-16-38(17-19-39)31-20-27(34(42)36-28(23(2)3)21-37(5)6)35-29-22-40(15-14-26(29)31)30-13-9-12-25-11-8-10-24(4)33(25)30/h7-13,20,23,28H,1,14-19,21-22H2,2-6H3,(H,36,42). The molecule has 222 valence electrons. The van der Waals surface area contributed by atoms with E-state index in [-0.39, 0.29) is 23.8 Å². The molecule has 1 N–H and O–H groups in total. The number of carbonyl (C=O) groups excluding carboxylic acids is 2. The summed E-state index contributed by atoms with van der Waals surface area (Å²) < 4.78 is 0. The van der Waals surface area contributed by atoms with Crippen LogP contribution >= 0.6 is 0 Å². The van der Waals surface area contributed by atoms with Crippen LogP contribution in [0.25, 0.3) is 10.8 Å². The number of pyridine rings is 1. The molecule has 2 aromatic carbocycles. The first-order valence-electron chi connectivity index (χ1n) is 15.0. The summed E-state index contributed by atoms with van der Waals surface area (Å²) >= 11 is 0. The van der Waals surface area contributed by atoms with Gasteiger partial charge in [-0.2, -0.15) is 0 Å². The first-order chi connectivity index (χ1) is 20.2. The lowest BCUT2D eigenvalue weighted by molar-refractivity contribution is -0.126. The van der Waals surface area contributed by atoms with Gasteiger partial charge in [-0.1, -0.05) is 50.8 Å². The third-order valence-corrected chi connectivity index (χ3v) is 8.61. The molecule has 3 heterocycles. The summed E-state index contributed by atoms with van der Waals surface area (Å²) in [5, 5.41) is 5.76. The van der Waals surface area contributed by atoms with E-state index in [0.717, 1.165) is 30.9 Å². The maximum Gasteiger partial charge on any atom is 0.270 e. The fourth-order valence-electron chi connectivity index (χ4n) is 6.25. The fourth-order valence-corrected chi connectivity index (χ4v) is 6.25. The van der Waals surface area contributed by atoms with Crippen LogP contribution in [0.1, 0.15) is 41.2 Å². The predicted molar refractivity (Wildman–Crippen MR) is 171 cm³/mol. The van der Waals surface area contributed by atoms with Gasteiger partial charge in [0.05, 0.1) is 12.2 Å². The third-order valence-electron chi connectivity index (χ3n) is 8.61. The number of hydrogen-bond donors (Lipinski definition) is 1. The minimum Gasteiger partial charge on any atom is -0.368 e. The zero-order valence-electron chi connectivity index (χ0n) is 25.7. The van der Waals surface area contributed by atoms with Gasteiger partial charge < -0.3 is 24.9 Å². The smallest absolute Gasteiger partial charge is 0.270 e. The Kier molecular flexibility index (Phi) is 8.82. The molecule has 0 saturated carbocycles. The summed E-state index contributed by atoms with van der Waals surface area (Å²) in [7, 11) is 4.05. The van der Waals surface area contributed by atoms with Gasteiger partial charge in [0.1, 0.15) is 5.69 Å². The summed E-state index contributed by atoms with van der Waals surface area (Å²) in [5.41, 5.74) is 6.14. The third kappa shape index (κ3) is 6.14. The van der Waals surface area contributed by atoms with Crippen molar-refractivity contribution < 1.29 is 9.59 Å². The molecule has 1 aromatic heterocycles. The van der Waals surface area contributed by atoms with E-state index < -0.39 is 0 Å². The second-order valence-electron chi connectivity index (χ2n) is 12.2. The van der Waals surface area contributed by atoms with E-state index in [1.165, 1.54) is 33.7 Å². The molecular weight excluding hydrogens is 524 g/mol. The lowest BCUT2D eigenvalue weighted by Gasteiger charge is -2.39. The minimum absolute atomic E-state index is 0.0115. The van der Waals surface area contributed by atoms with E-state index in [1.807, 2.05) is 25.1 Å². The summed E-state index contributed by atoms with van der Waals surface area (Å²) in [6.07, 6.45) is 2.22. The van der Waals surface area contributed by atoms with E-state index >= 15 is 0 Å². The van der Waals surface area contributed by atoms with Crippen LogP contribution in [0.15, 0.2) is 55.1 Å². The number of nitrogens with zero attached hydrogens (tertiary/aromatic N) is 5. The number of carbonyl (C=O) groups is 2. The Hall–Kier alpha value is -3.91. The van der Waals surface area contributed by atoms with Crippen molar-refractivity contribution in [3.05, 3.63) is 77.6 Å². The van der Waals surface area contributed by atoms with Gasteiger partial charge in [-0.3, -0.25) is 9.59 Å². The van der Waals surface area contributed by atoms with Crippen molar-refractivity contribution in [3.8, 4) is 0 Å². The number of nitrogens with one attached hydrogen (secondary N) is 1. The Labute approximate surface area is 250 Å². The van der Waals surface area contributed by atoms with Gasteiger partial charge in [0.15, 0.2) is 0 Å². The molecule has 1 atom stereocenters. The molecule has 0 spiro atoms. The first kappa shape index (κ1) is 29.6. The number of anilines is 2. The van der Waals surface area contributed by atoms with Crippen LogP contribution in [0.4, 0.5) is 11.4 Å². The first-order valence-corrected chi connectivity index (χ1v) is 15.0. The summed E-state index contributed by atoms with van der Waals surface area (Å²) in [6, 6.07) is 14.9. The maximum atomic E-state index is 13.7. The molecule has 42 heavy (non-hydrogen) atoms. The van der Waals surface area contributed by atoms with E-state index in [2.05, 4.69) is 83.8 Å². The summed E-state index contributed by atoms with van der Waals surface area (Å²) in [5.74, 6) is 0.111. The molecule has 8 nitrogen and oxygen atoms in total. The normalized spacial score (nSPS) is 16.1. The van der Waals surface area contributed by atoms with Crippen molar-refractivity contribution in [3.63, 3.8) is 0 Å². The number of benzene rings is 2. The summed E-state index contributed by atoms with van der Waals surface area (Å²) in [6.45, 7) is 15.0. The molecule has 0 radical (unpaired) electrons. The van der Waals surface area contributed by atoms with Crippen molar-refractivity contribution in [2.75, 3.05) is 63.2 Å². The van der Waals surface area contributed by atoms with Crippen LogP contribution < -0.4 is 15.1 Å². The van der Waals surface area contributed by atoms with Gasteiger partial charge in [-0.15, -0.1) is 0 Å². The van der Waals surface area contributed by atoms with Crippen molar-refractivity contribution in [2.45, 2.75) is 39.8 Å². The molecule has 2 aliphatic heterocycles. The average molecular weight is 569 g/mol. The van der Waals surface area contributed by atoms with Gasteiger partial charge in [-0.25, -0.2) is 4.98 Å². The van der Waals surface area contributed by atoms with Gasteiger partial charge in [0, 0.05) is 67.6 Å². The van der Waals surface area contributed by atoms with Crippen LogP contribution in [0.2, 0.25) is 0 Å². The number of aryl methyl sites for hydroxylation is 1. The number of hydrogen-bond acceptors (Lipinski definition) is 6. The van der Waals surface area contributed by atoms with Crippen LogP contribution in [0, 0.1) is 12.8 Å². The Morgan fingerprint density at radius 1 is 1.02 bits per heavy atom. The summed E-state index contributed by atoms with van der Waals surface area (Å²) in [4.78, 5) is 39.6. The number of rotatable bonds is 8. The highest BCUT2D eigenvalue weighted by molar-refractivity contribution is 5.97. The van der Waals surface area contributed by atoms with Crippen LogP contribution in [0.3, 0.4) is 0 Å². The van der Waals surface area contributed by atoms with Gasteiger partial charge in [-0.05, 0) is 62.5 Å². The molecule has 2 amide bonds. The molecule has 8 heteroatoms. The van der Waals surface area contributed by atoms with Crippen molar-refractivity contribution in [1.29, 1.82) is 0 Å². The number of likely N-dealkylation sites (N-methyl/N-ethyl adjacent to an activating group) is 1. The molecule has 1 fully saturated rings. The number of amides is 2. The van der Waals surface area contributed by atoms with E-state index in [0.29, 0.717) is 38.4 Å². The largest absolute Gasteiger partial charge is 0.368 e. The molecule has 0 bridgehead atoms. The Morgan fingerprint density at radius 2 is 1.74 bits per heavy atom. The van der Waals surface area contributed by atoms with Crippen LogP contribution in [0.5, 0.6) is 0 Å². The highest BCUT2D eigenvalue weighted by Gasteiger charge is 2.29. The predicted octanol–water partition coefficient (Wildman–Crippen LogP) is 4.26. The van der Waals surface area contributed by atoms with Gasteiger partial charge in [0.25, 0.3) is 5.91 Å². The maximum absolute atomic E-state index is 13.7. The molecule has 2 aliphatic rings. The highest BCUT2D eigenvalue weighted by atomic mass is 16.2. The second-order valence-corrected chi connectivity index (χ2v) is 12.2. The quantitative estimate of drug-likeness (QED) is 0.410. The van der Waals surface area contributed by atoms with Gasteiger partial charge in [0.2, 0.25) is 5.91 Å². The van der Waals surface area contributed by atoms with Crippen molar-refractivity contribution in [1.82, 2.24) is 20.1 Å².